The Hall–Kier alpha value is -3.81. The van der Waals surface area contributed by atoms with Crippen LogP contribution in [0.25, 0.3) is 11.3 Å². The first-order valence-electron chi connectivity index (χ1n) is 9.09. The lowest BCUT2D eigenvalue weighted by Crippen LogP contribution is -2.47. The number of ether oxygens (including phenoxy) is 1. The van der Waals surface area contributed by atoms with E-state index in [2.05, 4.69) is 15.2 Å². The molecule has 0 aliphatic carbocycles. The number of halogens is 1. The number of anilines is 1. The van der Waals surface area contributed by atoms with Gasteiger partial charge < -0.3 is 10.1 Å². The van der Waals surface area contributed by atoms with Crippen molar-refractivity contribution in [2.45, 2.75) is 19.4 Å². The molecule has 7 nitrogen and oxygen atoms in total. The van der Waals surface area contributed by atoms with E-state index in [0.29, 0.717) is 22.5 Å². The highest BCUT2D eigenvalue weighted by Crippen LogP contribution is 2.20. The molecule has 1 amide bonds. The maximum Gasteiger partial charge on any atom is 0.337 e. The normalized spacial score (nSPS) is 11.1. The van der Waals surface area contributed by atoms with Crippen molar-refractivity contribution in [1.82, 2.24) is 9.78 Å². The number of methoxy groups -OCH3 is 1. The number of carbonyl (C=O) groups is 2. The largest absolute Gasteiger partial charge is 0.465 e. The summed E-state index contributed by atoms with van der Waals surface area (Å²) in [6, 6.07) is 14.7. The highest BCUT2D eigenvalue weighted by Gasteiger charge is 2.32. The van der Waals surface area contributed by atoms with Crippen LogP contribution in [0.5, 0.6) is 0 Å². The molecular weight excluding hydrogens is 389 g/mol. The SMILES string of the molecule is COC(=O)c1ccc(NC(=O)C(C)(C)n2nc(-c3ccc(F)cc3)ccc2=O)cc1. The Balaban J connectivity index is 1.87. The molecular formula is C22H20FN3O4. The maximum absolute atomic E-state index is 13.2. The van der Waals surface area contributed by atoms with E-state index < -0.39 is 23.0 Å². The van der Waals surface area contributed by atoms with Crippen molar-refractivity contribution in [3.63, 3.8) is 0 Å². The monoisotopic (exact) mass is 409 g/mol. The molecule has 0 unspecified atom stereocenters. The number of nitrogens with zero attached hydrogens (tertiary/aromatic N) is 2. The van der Waals surface area contributed by atoms with Crippen LogP contribution in [0.1, 0.15) is 24.2 Å². The van der Waals surface area contributed by atoms with Crippen LogP contribution < -0.4 is 10.9 Å². The van der Waals surface area contributed by atoms with Crippen molar-refractivity contribution in [1.29, 1.82) is 0 Å². The van der Waals surface area contributed by atoms with Gasteiger partial charge in [-0.3, -0.25) is 9.59 Å². The number of hydrogen-bond acceptors (Lipinski definition) is 5. The Labute approximate surface area is 172 Å². The second-order valence-corrected chi connectivity index (χ2v) is 7.06. The molecule has 2 aromatic carbocycles. The highest BCUT2D eigenvalue weighted by molar-refractivity contribution is 5.96. The molecule has 1 N–H and O–H groups in total. The van der Waals surface area contributed by atoms with E-state index in [1.807, 2.05) is 0 Å². The lowest BCUT2D eigenvalue weighted by Gasteiger charge is -2.25. The van der Waals surface area contributed by atoms with Gasteiger partial charge in [0, 0.05) is 17.3 Å². The van der Waals surface area contributed by atoms with Gasteiger partial charge in [-0.1, -0.05) is 0 Å². The van der Waals surface area contributed by atoms with Crippen molar-refractivity contribution in [2.24, 2.45) is 0 Å². The van der Waals surface area contributed by atoms with E-state index in [0.717, 1.165) is 4.68 Å². The Bertz CT molecular complexity index is 1140. The van der Waals surface area contributed by atoms with Gasteiger partial charge in [0.2, 0.25) is 0 Å². The van der Waals surface area contributed by atoms with Crippen LogP contribution in [0.2, 0.25) is 0 Å². The summed E-state index contributed by atoms with van der Waals surface area (Å²) in [5.74, 6) is -1.34. The van der Waals surface area contributed by atoms with Gasteiger partial charge >= 0.3 is 5.97 Å². The number of aromatic nitrogens is 2. The van der Waals surface area contributed by atoms with Crippen molar-refractivity contribution in [3.05, 3.63) is 82.4 Å². The highest BCUT2D eigenvalue weighted by atomic mass is 19.1. The minimum Gasteiger partial charge on any atom is -0.465 e. The third kappa shape index (κ3) is 4.27. The fraction of sp³-hybridized carbons (Fsp3) is 0.182. The van der Waals surface area contributed by atoms with Gasteiger partial charge in [-0.05, 0) is 68.4 Å². The fourth-order valence-electron chi connectivity index (χ4n) is 2.77. The lowest BCUT2D eigenvalue weighted by molar-refractivity contribution is -0.123. The molecule has 154 valence electrons. The Morgan fingerprint density at radius 3 is 2.23 bits per heavy atom. The lowest BCUT2D eigenvalue weighted by atomic mass is 10.0. The topological polar surface area (TPSA) is 90.3 Å². The standard InChI is InChI=1S/C22H20FN3O4/c1-22(2,21(29)24-17-10-6-15(7-11-17)20(28)30-3)26-19(27)13-12-18(25-26)14-4-8-16(23)9-5-14/h4-13H,1-3H3,(H,24,29). The molecule has 0 bridgehead atoms. The molecule has 0 radical (unpaired) electrons. The summed E-state index contributed by atoms with van der Waals surface area (Å²) in [6.45, 7) is 3.13. The third-order valence-electron chi connectivity index (χ3n) is 4.59. The number of hydrogen-bond donors (Lipinski definition) is 1. The van der Waals surface area contributed by atoms with Crippen molar-refractivity contribution >= 4 is 17.6 Å². The molecule has 3 aromatic rings. The molecule has 0 atom stereocenters. The number of nitrogens with one attached hydrogen (secondary N) is 1. The predicted octanol–water partition coefficient (Wildman–Crippen LogP) is 3.21. The average Bonchev–Trinajstić information content (AvgIpc) is 2.74. The summed E-state index contributed by atoms with van der Waals surface area (Å²) in [5.41, 5.74) is 0.0524. The summed E-state index contributed by atoms with van der Waals surface area (Å²) in [5, 5.41) is 7.03. The zero-order valence-electron chi connectivity index (χ0n) is 16.7. The number of rotatable bonds is 5. The van der Waals surface area contributed by atoms with Crippen LogP contribution in [0, 0.1) is 5.82 Å². The van der Waals surface area contributed by atoms with E-state index in [9.17, 15) is 18.8 Å². The molecule has 0 spiro atoms. The Morgan fingerprint density at radius 2 is 1.63 bits per heavy atom. The molecule has 1 heterocycles. The number of esters is 1. The van der Waals surface area contributed by atoms with E-state index >= 15 is 0 Å². The molecule has 30 heavy (non-hydrogen) atoms. The summed E-state index contributed by atoms with van der Waals surface area (Å²) >= 11 is 0. The summed E-state index contributed by atoms with van der Waals surface area (Å²) in [6.07, 6.45) is 0. The van der Waals surface area contributed by atoms with Crippen molar-refractivity contribution < 1.29 is 18.7 Å². The second-order valence-electron chi connectivity index (χ2n) is 7.06. The fourth-order valence-corrected chi connectivity index (χ4v) is 2.77. The molecule has 0 aliphatic heterocycles. The minimum absolute atomic E-state index is 0.347. The number of benzene rings is 2. The van der Waals surface area contributed by atoms with E-state index in [1.165, 1.54) is 43.5 Å². The second kappa shape index (κ2) is 8.28. The van der Waals surface area contributed by atoms with Crippen LogP contribution in [0.3, 0.4) is 0 Å². The van der Waals surface area contributed by atoms with Crippen molar-refractivity contribution in [3.8, 4) is 11.3 Å². The van der Waals surface area contributed by atoms with Gasteiger partial charge in [0.15, 0.2) is 0 Å². The van der Waals surface area contributed by atoms with Gasteiger partial charge in [0.25, 0.3) is 11.5 Å². The van der Waals surface area contributed by atoms with Crippen LogP contribution in [-0.2, 0) is 15.1 Å². The molecule has 0 saturated carbocycles. The minimum atomic E-state index is -1.33. The van der Waals surface area contributed by atoms with Gasteiger partial charge in [-0.15, -0.1) is 0 Å². The Kier molecular flexibility index (Phi) is 5.77. The molecule has 0 aliphatic rings. The summed E-state index contributed by atoms with van der Waals surface area (Å²) in [7, 11) is 1.28. The molecule has 0 fully saturated rings. The first kappa shape index (κ1) is 20.9. The molecule has 1 aromatic heterocycles. The number of amides is 1. The maximum atomic E-state index is 13.2. The van der Waals surface area contributed by atoms with Crippen molar-refractivity contribution in [2.75, 3.05) is 12.4 Å². The van der Waals surface area contributed by atoms with Gasteiger partial charge in [0.05, 0.1) is 18.4 Å². The van der Waals surface area contributed by atoms with Gasteiger partial charge in [0.1, 0.15) is 11.4 Å². The first-order valence-corrected chi connectivity index (χ1v) is 9.09. The van der Waals surface area contributed by atoms with E-state index in [-0.39, 0.29) is 5.82 Å². The Morgan fingerprint density at radius 1 is 1.00 bits per heavy atom. The van der Waals surface area contributed by atoms with E-state index in [1.54, 1.807) is 38.1 Å². The average molecular weight is 409 g/mol. The quantitative estimate of drug-likeness (QED) is 0.654. The summed E-state index contributed by atoms with van der Waals surface area (Å²) < 4.78 is 18.9. The predicted molar refractivity (Wildman–Crippen MR) is 110 cm³/mol. The third-order valence-corrected chi connectivity index (χ3v) is 4.59. The zero-order valence-corrected chi connectivity index (χ0v) is 16.7. The van der Waals surface area contributed by atoms with Crippen LogP contribution >= 0.6 is 0 Å². The first-order chi connectivity index (χ1) is 14.2. The van der Waals surface area contributed by atoms with Gasteiger partial charge in [-0.2, -0.15) is 5.10 Å². The molecule has 3 rings (SSSR count). The van der Waals surface area contributed by atoms with E-state index in [4.69, 9.17) is 0 Å². The van der Waals surface area contributed by atoms with Crippen LogP contribution in [0.4, 0.5) is 10.1 Å². The number of carbonyl (C=O) groups excluding carboxylic acids is 2. The molecule has 8 heteroatoms. The molecule has 0 saturated heterocycles. The zero-order chi connectivity index (χ0) is 21.9. The van der Waals surface area contributed by atoms with Gasteiger partial charge in [-0.25, -0.2) is 13.9 Å². The smallest absolute Gasteiger partial charge is 0.337 e. The summed E-state index contributed by atoms with van der Waals surface area (Å²) in [4.78, 5) is 36.8. The van der Waals surface area contributed by atoms with Crippen LogP contribution in [0.15, 0.2) is 65.5 Å². The van der Waals surface area contributed by atoms with Crippen LogP contribution in [-0.4, -0.2) is 28.8 Å².